The van der Waals surface area contributed by atoms with Gasteiger partial charge < -0.3 is 21.3 Å². The van der Waals surface area contributed by atoms with Gasteiger partial charge >= 0.3 is 43.0 Å². The Kier molecular flexibility index (Phi) is 21.2. The standard InChI is InChI=1S/C10H20N2.C8H16N2.C3H7N.W/c1-9(2,3)11-7-8-12-10(4,5)6;1-7(2)9-5-6-10-8(3)4;1-2-3-4;/h7-8H,1-6H3;5-8H,1-4H3;2-3H2,1H3;/q2*-2;;/b8-7-;6-5-;;. The van der Waals surface area contributed by atoms with Gasteiger partial charge in [-0.05, 0) is 0 Å². The molecule has 0 aromatic rings. The third kappa shape index (κ3) is 45.8. The number of hydrogen-bond acceptors (Lipinski definition) is 1. The predicted octanol–water partition coefficient (Wildman–Crippen LogP) is 7.95. The van der Waals surface area contributed by atoms with Crippen LogP contribution in [0.15, 0.2) is 28.3 Å². The van der Waals surface area contributed by atoms with Crippen molar-refractivity contribution in [1.29, 1.82) is 0 Å². The summed E-state index contributed by atoms with van der Waals surface area (Å²) in [6.45, 7) is 23.7. The molecule has 0 atom stereocenters. The first-order valence-corrected chi connectivity index (χ1v) is 11.0. The van der Waals surface area contributed by atoms with E-state index in [4.69, 9.17) is 0 Å². The van der Waals surface area contributed by atoms with Crippen LogP contribution in [0.4, 0.5) is 0 Å². The zero-order valence-electron chi connectivity index (χ0n) is 19.5. The van der Waals surface area contributed by atoms with Crippen molar-refractivity contribution < 1.29 is 19.6 Å². The van der Waals surface area contributed by atoms with E-state index >= 15 is 0 Å². The van der Waals surface area contributed by atoms with Crippen LogP contribution in [0.1, 0.15) is 82.6 Å². The third-order valence-corrected chi connectivity index (χ3v) is 2.80. The van der Waals surface area contributed by atoms with E-state index in [0.29, 0.717) is 12.1 Å². The average molecular weight is 549 g/mol. The van der Waals surface area contributed by atoms with E-state index in [-0.39, 0.29) is 11.1 Å². The van der Waals surface area contributed by atoms with Gasteiger partial charge in [-0.1, -0.05) is 69.2 Å². The minimum atomic E-state index is 0.00387. The number of rotatable bonds is 8. The molecule has 0 saturated carbocycles. The molecule has 0 saturated heterocycles. The van der Waals surface area contributed by atoms with Gasteiger partial charge in [0.25, 0.3) is 0 Å². The van der Waals surface area contributed by atoms with E-state index in [1.807, 2.05) is 27.7 Å². The van der Waals surface area contributed by atoms with Crippen molar-refractivity contribution in [3.05, 3.63) is 46.1 Å². The van der Waals surface area contributed by atoms with Gasteiger partial charge in [0, 0.05) is 0 Å². The zero-order valence-corrected chi connectivity index (χ0v) is 22.5. The summed E-state index contributed by atoms with van der Waals surface area (Å²) in [7, 11) is 0. The SMILES string of the molecule is CC(C)(C)[N-]/C=C\[N-]C(C)(C)C.CC(C)[N-]/C=C\[N-]C(C)C.CCC[N]=[W]. The van der Waals surface area contributed by atoms with Crippen molar-refractivity contribution >= 4 is 0 Å². The van der Waals surface area contributed by atoms with Gasteiger partial charge in [0.1, 0.15) is 0 Å². The summed E-state index contributed by atoms with van der Waals surface area (Å²) in [4.78, 5) is 0. The summed E-state index contributed by atoms with van der Waals surface area (Å²) in [5, 5.41) is 16.8. The molecule has 0 aliphatic heterocycles. The van der Waals surface area contributed by atoms with Gasteiger partial charge in [-0.15, -0.1) is 23.2 Å². The summed E-state index contributed by atoms with van der Waals surface area (Å²) >= 11 is 1.35. The molecule has 0 unspecified atom stereocenters. The van der Waals surface area contributed by atoms with Crippen LogP contribution in [-0.4, -0.2) is 29.7 Å². The molecule has 0 heterocycles. The average Bonchev–Trinajstić information content (AvgIpc) is 2.48. The molecule has 0 aliphatic rings. The van der Waals surface area contributed by atoms with E-state index in [1.165, 1.54) is 26.1 Å². The maximum absolute atomic E-state index is 4.29. The van der Waals surface area contributed by atoms with Crippen molar-refractivity contribution in [2.24, 2.45) is 3.50 Å². The van der Waals surface area contributed by atoms with Gasteiger partial charge in [-0.2, -0.15) is 0 Å². The first-order valence-electron chi connectivity index (χ1n) is 9.68. The molecule has 0 N–H and O–H groups in total. The molecule has 0 aromatic carbocycles. The number of nitrogens with zero attached hydrogens (tertiary/aromatic N) is 5. The van der Waals surface area contributed by atoms with Crippen LogP contribution < -0.4 is 0 Å². The first kappa shape index (κ1) is 30.9. The van der Waals surface area contributed by atoms with Gasteiger partial charge in [-0.25, -0.2) is 24.8 Å². The fraction of sp³-hybridized carbons (Fsp3) is 0.810. The Hall–Kier alpha value is -0.832. The Bertz CT molecular complexity index is 347. The number of hydrogen-bond donors (Lipinski definition) is 0. The summed E-state index contributed by atoms with van der Waals surface area (Å²) in [6.07, 6.45) is 8.25. The topological polar surface area (TPSA) is 68.8 Å². The molecule has 27 heavy (non-hydrogen) atoms. The van der Waals surface area contributed by atoms with Crippen molar-refractivity contribution in [3.8, 4) is 0 Å². The molecule has 0 aromatic heterocycles. The van der Waals surface area contributed by atoms with Gasteiger partial charge in [-0.3, -0.25) is 0 Å². The molecule has 5 nitrogen and oxygen atoms in total. The van der Waals surface area contributed by atoms with Crippen LogP contribution in [0.25, 0.3) is 21.3 Å². The van der Waals surface area contributed by atoms with Crippen molar-refractivity contribution in [2.75, 3.05) is 6.54 Å². The fourth-order valence-corrected chi connectivity index (χ4v) is 1.68. The summed E-state index contributed by atoms with van der Waals surface area (Å²) in [5.74, 6) is 0. The summed E-state index contributed by atoms with van der Waals surface area (Å²) in [6, 6.07) is 0.747. The van der Waals surface area contributed by atoms with Crippen molar-refractivity contribution in [3.63, 3.8) is 0 Å². The Balaban J connectivity index is -0.000000347. The van der Waals surface area contributed by atoms with Crippen LogP contribution in [-0.2, 0) is 19.6 Å². The molecule has 162 valence electrons. The van der Waals surface area contributed by atoms with E-state index in [1.54, 1.807) is 24.8 Å². The van der Waals surface area contributed by atoms with E-state index in [2.05, 4.69) is 73.2 Å². The molecule has 0 spiro atoms. The normalized spacial score (nSPS) is 11.6. The summed E-state index contributed by atoms with van der Waals surface area (Å²) in [5.41, 5.74) is 0.00775. The van der Waals surface area contributed by atoms with Gasteiger partial charge in [0.15, 0.2) is 0 Å². The minimum absolute atomic E-state index is 0.00387. The molecule has 0 fully saturated rings. The van der Waals surface area contributed by atoms with Gasteiger partial charge in [0.2, 0.25) is 0 Å². The second-order valence-corrected chi connectivity index (χ2v) is 9.46. The monoisotopic (exact) mass is 549 g/mol. The van der Waals surface area contributed by atoms with E-state index in [9.17, 15) is 0 Å². The molecule has 0 bridgehead atoms. The van der Waals surface area contributed by atoms with Crippen LogP contribution >= 0.6 is 0 Å². The van der Waals surface area contributed by atoms with Crippen LogP contribution in [0.5, 0.6) is 0 Å². The molecule has 0 rings (SSSR count). The maximum atomic E-state index is 4.29. The molecule has 0 radical (unpaired) electrons. The Labute approximate surface area is 181 Å². The first-order chi connectivity index (χ1) is 12.2. The van der Waals surface area contributed by atoms with Crippen LogP contribution in [0, 0.1) is 0 Å². The van der Waals surface area contributed by atoms with Crippen molar-refractivity contribution in [2.45, 2.75) is 106 Å². The zero-order chi connectivity index (χ0) is 21.9. The Morgan fingerprint density at radius 3 is 1.22 bits per heavy atom. The molecule has 6 heteroatoms. The molecule has 0 amide bonds. The van der Waals surface area contributed by atoms with Gasteiger partial charge in [0.05, 0.1) is 0 Å². The quantitative estimate of drug-likeness (QED) is 0.295. The van der Waals surface area contributed by atoms with Crippen LogP contribution in [0.2, 0.25) is 0 Å². The molecular formula is C21H43N5W-4. The van der Waals surface area contributed by atoms with E-state index < -0.39 is 0 Å². The third-order valence-electron chi connectivity index (χ3n) is 2.14. The fourth-order valence-electron chi connectivity index (χ4n) is 1.03. The van der Waals surface area contributed by atoms with E-state index in [0.717, 1.165) is 6.54 Å². The second-order valence-electron chi connectivity index (χ2n) is 8.53. The Morgan fingerprint density at radius 1 is 0.741 bits per heavy atom. The summed E-state index contributed by atoms with van der Waals surface area (Å²) < 4.78 is 3.94. The molecular weight excluding hydrogens is 506 g/mol. The van der Waals surface area contributed by atoms with Crippen molar-refractivity contribution in [1.82, 2.24) is 0 Å². The molecule has 0 aliphatic carbocycles. The van der Waals surface area contributed by atoms with Crippen LogP contribution in [0.3, 0.4) is 0 Å². The Morgan fingerprint density at radius 2 is 1.07 bits per heavy atom. The predicted molar refractivity (Wildman–Crippen MR) is 119 cm³/mol. The second kappa shape index (κ2) is 18.5.